The van der Waals surface area contributed by atoms with Crippen LogP contribution in [-0.2, 0) is 0 Å². The molecular weight excluding hydrogens is 176 g/mol. The first-order chi connectivity index (χ1) is 6.31. The van der Waals surface area contributed by atoms with Crippen LogP contribution in [0.3, 0.4) is 0 Å². The molecule has 0 bridgehead atoms. The highest BCUT2D eigenvalue weighted by Gasteiger charge is 2.03. The van der Waals surface area contributed by atoms with E-state index in [0.29, 0.717) is 11.8 Å². The lowest BCUT2D eigenvalue weighted by Crippen LogP contribution is -2.11. The Kier molecular flexibility index (Phi) is 11.1. The van der Waals surface area contributed by atoms with Crippen molar-refractivity contribution in [1.29, 1.82) is 0 Å². The normalized spacial score (nSPS) is 15.0. The first-order valence-corrected chi connectivity index (χ1v) is 5.67. The molecule has 0 amide bonds. The highest BCUT2D eigenvalue weighted by atomic mass is 16.3. The Hall–Kier alpha value is -0.0800. The van der Waals surface area contributed by atoms with Crippen molar-refractivity contribution in [3.63, 3.8) is 0 Å². The van der Waals surface area contributed by atoms with Gasteiger partial charge in [-0.15, -0.1) is 0 Å². The zero-order valence-electron chi connectivity index (χ0n) is 10.6. The SMILES string of the molecule is CC(C)CC(C)O.CCC(O)C(C)C. The Labute approximate surface area is 89.3 Å². The van der Waals surface area contributed by atoms with Crippen molar-refractivity contribution in [3.8, 4) is 0 Å². The monoisotopic (exact) mass is 204 g/mol. The highest BCUT2D eigenvalue weighted by molar-refractivity contribution is 4.54. The molecule has 0 fully saturated rings. The Morgan fingerprint density at radius 1 is 0.929 bits per heavy atom. The lowest BCUT2D eigenvalue weighted by molar-refractivity contribution is 0.121. The van der Waals surface area contributed by atoms with Gasteiger partial charge in [-0.2, -0.15) is 0 Å². The van der Waals surface area contributed by atoms with Crippen LogP contribution in [0.4, 0.5) is 0 Å². The van der Waals surface area contributed by atoms with Crippen LogP contribution in [0.15, 0.2) is 0 Å². The zero-order chi connectivity index (χ0) is 11.7. The first kappa shape index (κ1) is 16.4. The fourth-order valence-electron chi connectivity index (χ4n) is 1.15. The molecular formula is C12H28O2. The quantitative estimate of drug-likeness (QED) is 0.739. The summed E-state index contributed by atoms with van der Waals surface area (Å²) in [5.41, 5.74) is 0. The maximum absolute atomic E-state index is 8.94. The summed E-state index contributed by atoms with van der Waals surface area (Å²) in [6, 6.07) is 0. The van der Waals surface area contributed by atoms with E-state index in [9.17, 15) is 0 Å². The molecule has 0 heterocycles. The molecule has 2 N–H and O–H groups in total. The van der Waals surface area contributed by atoms with Gasteiger partial charge in [0.2, 0.25) is 0 Å². The summed E-state index contributed by atoms with van der Waals surface area (Å²) in [5.74, 6) is 1.05. The van der Waals surface area contributed by atoms with Crippen LogP contribution in [0.2, 0.25) is 0 Å². The Morgan fingerprint density at radius 2 is 1.36 bits per heavy atom. The van der Waals surface area contributed by atoms with E-state index < -0.39 is 0 Å². The highest BCUT2D eigenvalue weighted by Crippen LogP contribution is 2.03. The van der Waals surface area contributed by atoms with Crippen molar-refractivity contribution in [1.82, 2.24) is 0 Å². The van der Waals surface area contributed by atoms with Gasteiger partial charge in [0, 0.05) is 0 Å². The van der Waals surface area contributed by atoms with Gasteiger partial charge >= 0.3 is 0 Å². The molecule has 2 nitrogen and oxygen atoms in total. The van der Waals surface area contributed by atoms with E-state index in [1.807, 2.05) is 27.7 Å². The van der Waals surface area contributed by atoms with Crippen molar-refractivity contribution >= 4 is 0 Å². The van der Waals surface area contributed by atoms with Crippen molar-refractivity contribution in [2.24, 2.45) is 11.8 Å². The van der Waals surface area contributed by atoms with E-state index in [1.54, 1.807) is 0 Å². The van der Waals surface area contributed by atoms with Gasteiger partial charge in [-0.3, -0.25) is 0 Å². The minimum atomic E-state index is -0.125. The first-order valence-electron chi connectivity index (χ1n) is 5.67. The Morgan fingerprint density at radius 3 is 1.36 bits per heavy atom. The third kappa shape index (κ3) is 14.4. The molecule has 2 atom stereocenters. The van der Waals surface area contributed by atoms with Crippen LogP contribution in [0, 0.1) is 11.8 Å². The number of hydrogen-bond donors (Lipinski definition) is 2. The number of aliphatic hydroxyl groups is 2. The van der Waals surface area contributed by atoms with Gasteiger partial charge in [-0.25, -0.2) is 0 Å². The Balaban J connectivity index is 0. The molecule has 0 radical (unpaired) electrons. The molecule has 0 aromatic heterocycles. The average Bonchev–Trinajstić information content (AvgIpc) is 2.01. The molecule has 2 heteroatoms. The largest absolute Gasteiger partial charge is 0.393 e. The van der Waals surface area contributed by atoms with Gasteiger partial charge < -0.3 is 10.2 Å². The fourth-order valence-corrected chi connectivity index (χ4v) is 1.15. The van der Waals surface area contributed by atoms with Crippen LogP contribution >= 0.6 is 0 Å². The second-order valence-corrected chi connectivity index (χ2v) is 4.70. The van der Waals surface area contributed by atoms with Crippen LogP contribution in [-0.4, -0.2) is 22.4 Å². The lowest BCUT2D eigenvalue weighted by atomic mass is 10.1. The second-order valence-electron chi connectivity index (χ2n) is 4.70. The molecule has 88 valence electrons. The predicted molar refractivity (Wildman–Crippen MR) is 62.3 cm³/mol. The van der Waals surface area contributed by atoms with E-state index in [-0.39, 0.29) is 12.2 Å². The summed E-state index contributed by atoms with van der Waals surface area (Å²) >= 11 is 0. The van der Waals surface area contributed by atoms with Crippen molar-refractivity contribution in [3.05, 3.63) is 0 Å². The molecule has 0 aliphatic heterocycles. The topological polar surface area (TPSA) is 40.5 Å². The van der Waals surface area contributed by atoms with Gasteiger partial charge in [0.25, 0.3) is 0 Å². The molecule has 0 aliphatic carbocycles. The third-order valence-corrected chi connectivity index (χ3v) is 2.00. The summed E-state index contributed by atoms with van der Waals surface area (Å²) < 4.78 is 0. The molecule has 14 heavy (non-hydrogen) atoms. The summed E-state index contributed by atoms with van der Waals surface area (Å²) in [6.45, 7) is 12.1. The smallest absolute Gasteiger partial charge is 0.0560 e. The number of hydrogen-bond acceptors (Lipinski definition) is 2. The van der Waals surface area contributed by atoms with Crippen LogP contribution in [0.1, 0.15) is 54.4 Å². The Bertz CT molecular complexity index is 103. The van der Waals surface area contributed by atoms with Gasteiger partial charge in [-0.1, -0.05) is 34.6 Å². The lowest BCUT2D eigenvalue weighted by Gasteiger charge is -2.09. The van der Waals surface area contributed by atoms with E-state index in [4.69, 9.17) is 10.2 Å². The predicted octanol–water partition coefficient (Wildman–Crippen LogP) is 2.83. The zero-order valence-corrected chi connectivity index (χ0v) is 10.6. The molecule has 0 aromatic rings. The molecule has 0 rings (SSSR count). The molecule has 0 spiro atoms. The van der Waals surface area contributed by atoms with Crippen LogP contribution < -0.4 is 0 Å². The fraction of sp³-hybridized carbons (Fsp3) is 1.00. The minimum Gasteiger partial charge on any atom is -0.393 e. The standard InChI is InChI=1S/2C6H14O/c1-5(2)4-6(3)7;1-4-6(7)5(2)3/h2*5-7H,4H2,1-3H3. The summed E-state index contributed by atoms with van der Waals surface area (Å²) in [5, 5.41) is 17.7. The van der Waals surface area contributed by atoms with Crippen LogP contribution in [0.5, 0.6) is 0 Å². The average molecular weight is 204 g/mol. The van der Waals surface area contributed by atoms with Crippen molar-refractivity contribution in [2.45, 2.75) is 66.6 Å². The van der Waals surface area contributed by atoms with Crippen molar-refractivity contribution in [2.75, 3.05) is 0 Å². The molecule has 0 aromatic carbocycles. The van der Waals surface area contributed by atoms with E-state index in [1.165, 1.54) is 0 Å². The molecule has 0 aliphatic rings. The second kappa shape index (κ2) is 9.47. The molecule has 2 unspecified atom stereocenters. The number of rotatable bonds is 4. The maximum atomic E-state index is 8.94. The maximum Gasteiger partial charge on any atom is 0.0560 e. The van der Waals surface area contributed by atoms with E-state index >= 15 is 0 Å². The van der Waals surface area contributed by atoms with Crippen molar-refractivity contribution < 1.29 is 10.2 Å². The van der Waals surface area contributed by atoms with Crippen LogP contribution in [0.25, 0.3) is 0 Å². The van der Waals surface area contributed by atoms with Gasteiger partial charge in [0.15, 0.2) is 0 Å². The number of aliphatic hydroxyl groups excluding tert-OH is 2. The molecule has 0 saturated heterocycles. The van der Waals surface area contributed by atoms with Gasteiger partial charge in [0.05, 0.1) is 12.2 Å². The summed E-state index contributed by atoms with van der Waals surface area (Å²) in [7, 11) is 0. The molecule has 0 saturated carbocycles. The summed E-state index contributed by atoms with van der Waals surface area (Å²) in [6.07, 6.45) is 1.57. The van der Waals surface area contributed by atoms with Gasteiger partial charge in [0.1, 0.15) is 0 Å². The van der Waals surface area contributed by atoms with E-state index in [0.717, 1.165) is 12.8 Å². The minimum absolute atomic E-state index is 0.0972. The summed E-state index contributed by atoms with van der Waals surface area (Å²) in [4.78, 5) is 0. The third-order valence-electron chi connectivity index (χ3n) is 2.00. The van der Waals surface area contributed by atoms with Gasteiger partial charge in [-0.05, 0) is 31.6 Å². The van der Waals surface area contributed by atoms with E-state index in [2.05, 4.69) is 13.8 Å².